The number of amidine groups is 1. The average Bonchev–Trinajstić information content (AvgIpc) is 2.53. The highest BCUT2D eigenvalue weighted by atomic mass is 35.5. The summed E-state index contributed by atoms with van der Waals surface area (Å²) in [5, 5.41) is 22.3. The SMILES string of the molecule is N=NN(C(=N)CCC(=O)c1cccc(O)c1)c1cccc(Cl)c1. The van der Waals surface area contributed by atoms with Crippen molar-refractivity contribution in [3.63, 3.8) is 0 Å². The average molecular weight is 331 g/mol. The van der Waals surface area contributed by atoms with Gasteiger partial charge in [-0.3, -0.25) is 10.2 Å². The van der Waals surface area contributed by atoms with Crippen molar-refractivity contribution < 1.29 is 9.90 Å². The standard InChI is InChI=1S/C16H15ClN4O2/c17-12-4-2-5-13(10-12)21(20-19)16(18)8-7-15(23)11-3-1-6-14(22)9-11/h1-6,9-10,18-19,22H,7-8H2. The predicted octanol–water partition coefficient (Wildman–Crippen LogP) is 4.44. The summed E-state index contributed by atoms with van der Waals surface area (Å²) in [6, 6.07) is 12.7. The van der Waals surface area contributed by atoms with Crippen LogP contribution in [0.15, 0.2) is 53.8 Å². The zero-order valence-electron chi connectivity index (χ0n) is 12.2. The van der Waals surface area contributed by atoms with E-state index in [0.29, 0.717) is 16.3 Å². The smallest absolute Gasteiger partial charge is 0.163 e. The number of hydrogen-bond donors (Lipinski definition) is 3. The van der Waals surface area contributed by atoms with Crippen molar-refractivity contribution in [1.29, 1.82) is 10.9 Å². The lowest BCUT2D eigenvalue weighted by atomic mass is 10.1. The van der Waals surface area contributed by atoms with Crippen LogP contribution in [0.4, 0.5) is 5.69 Å². The van der Waals surface area contributed by atoms with Crippen LogP contribution in [0, 0.1) is 10.9 Å². The zero-order valence-corrected chi connectivity index (χ0v) is 12.9. The van der Waals surface area contributed by atoms with E-state index in [1.165, 1.54) is 12.1 Å². The van der Waals surface area contributed by atoms with Crippen molar-refractivity contribution in [2.45, 2.75) is 12.8 Å². The fraction of sp³-hybridized carbons (Fsp3) is 0.125. The third-order valence-electron chi connectivity index (χ3n) is 3.17. The van der Waals surface area contributed by atoms with Crippen LogP contribution in [-0.2, 0) is 0 Å². The van der Waals surface area contributed by atoms with Crippen LogP contribution in [-0.4, -0.2) is 16.7 Å². The second-order valence-corrected chi connectivity index (χ2v) is 5.25. The summed E-state index contributed by atoms with van der Waals surface area (Å²) in [4.78, 5) is 12.1. The Balaban J connectivity index is 2.03. The van der Waals surface area contributed by atoms with Gasteiger partial charge in [0.2, 0.25) is 0 Å². The molecule has 0 radical (unpaired) electrons. The molecule has 0 aromatic heterocycles. The van der Waals surface area contributed by atoms with Gasteiger partial charge in [0.25, 0.3) is 0 Å². The molecule has 2 aromatic carbocycles. The van der Waals surface area contributed by atoms with Crippen molar-refractivity contribution >= 4 is 28.9 Å². The summed E-state index contributed by atoms with van der Waals surface area (Å²) >= 11 is 5.90. The molecule has 0 fully saturated rings. The number of benzene rings is 2. The van der Waals surface area contributed by atoms with Crippen LogP contribution in [0.25, 0.3) is 0 Å². The molecule has 0 saturated carbocycles. The third kappa shape index (κ3) is 4.37. The maximum Gasteiger partial charge on any atom is 0.163 e. The molecular formula is C16H15ClN4O2. The number of hydrogen-bond acceptors (Lipinski definition) is 5. The second-order valence-electron chi connectivity index (χ2n) is 4.81. The molecule has 0 heterocycles. The number of carbonyl (C=O) groups excluding carboxylic acids is 1. The lowest BCUT2D eigenvalue weighted by Gasteiger charge is -2.17. The monoisotopic (exact) mass is 330 g/mol. The van der Waals surface area contributed by atoms with E-state index in [1.807, 2.05) is 0 Å². The number of phenolic OH excluding ortho intramolecular Hbond substituents is 1. The largest absolute Gasteiger partial charge is 0.508 e. The Labute approximate surface area is 138 Å². The molecule has 2 rings (SSSR count). The van der Waals surface area contributed by atoms with E-state index in [4.69, 9.17) is 22.5 Å². The first-order valence-corrected chi connectivity index (χ1v) is 7.22. The first kappa shape index (κ1) is 16.6. The Morgan fingerprint density at radius 2 is 1.91 bits per heavy atom. The molecule has 0 aliphatic rings. The Kier molecular flexibility index (Phi) is 5.43. The Morgan fingerprint density at radius 3 is 2.57 bits per heavy atom. The van der Waals surface area contributed by atoms with Gasteiger partial charge in [-0.25, -0.2) is 5.01 Å². The Morgan fingerprint density at radius 1 is 1.17 bits per heavy atom. The van der Waals surface area contributed by atoms with Crippen molar-refractivity contribution in [2.24, 2.45) is 5.22 Å². The van der Waals surface area contributed by atoms with Gasteiger partial charge in [-0.2, -0.15) is 5.53 Å². The first-order chi connectivity index (χ1) is 11.0. The van der Waals surface area contributed by atoms with Crippen LogP contribution in [0.5, 0.6) is 5.75 Å². The van der Waals surface area contributed by atoms with Crippen LogP contribution >= 0.6 is 11.6 Å². The molecule has 2 aromatic rings. The molecule has 0 unspecified atom stereocenters. The number of nitrogens with zero attached hydrogens (tertiary/aromatic N) is 2. The maximum absolute atomic E-state index is 12.1. The van der Waals surface area contributed by atoms with Gasteiger partial charge in [0.1, 0.15) is 11.6 Å². The molecule has 0 amide bonds. The van der Waals surface area contributed by atoms with Gasteiger partial charge in [0.05, 0.1) is 5.69 Å². The maximum atomic E-state index is 12.1. The Hall–Kier alpha value is -2.73. The molecule has 0 saturated heterocycles. The van der Waals surface area contributed by atoms with E-state index in [1.54, 1.807) is 36.4 Å². The van der Waals surface area contributed by atoms with Crippen LogP contribution < -0.4 is 5.01 Å². The number of phenols is 1. The number of aromatic hydroxyl groups is 1. The summed E-state index contributed by atoms with van der Waals surface area (Å²) in [5.41, 5.74) is 8.10. The quantitative estimate of drug-likeness (QED) is 0.240. The number of anilines is 1. The summed E-state index contributed by atoms with van der Waals surface area (Å²) in [7, 11) is 0. The van der Waals surface area contributed by atoms with Gasteiger partial charge >= 0.3 is 0 Å². The molecule has 6 nitrogen and oxygen atoms in total. The van der Waals surface area contributed by atoms with Gasteiger partial charge in [-0.05, 0) is 30.3 Å². The summed E-state index contributed by atoms with van der Waals surface area (Å²) in [6.45, 7) is 0. The number of nitrogens with one attached hydrogen (secondary N) is 2. The van der Waals surface area contributed by atoms with E-state index in [9.17, 15) is 9.90 Å². The molecule has 23 heavy (non-hydrogen) atoms. The predicted molar refractivity (Wildman–Crippen MR) is 88.5 cm³/mol. The van der Waals surface area contributed by atoms with Crippen LogP contribution in [0.1, 0.15) is 23.2 Å². The molecule has 0 bridgehead atoms. The fourth-order valence-corrected chi connectivity index (χ4v) is 2.23. The van der Waals surface area contributed by atoms with Gasteiger partial charge < -0.3 is 5.11 Å². The lowest BCUT2D eigenvalue weighted by molar-refractivity contribution is 0.0984. The highest BCUT2D eigenvalue weighted by molar-refractivity contribution is 6.30. The number of Topliss-reactive ketones (excluding diaryl/α,β-unsaturated/α-hetero) is 1. The van der Waals surface area contributed by atoms with E-state index >= 15 is 0 Å². The molecule has 3 N–H and O–H groups in total. The highest BCUT2D eigenvalue weighted by Gasteiger charge is 2.14. The molecule has 0 atom stereocenters. The zero-order chi connectivity index (χ0) is 16.8. The molecule has 0 aliphatic carbocycles. The normalized spacial score (nSPS) is 10.1. The lowest BCUT2D eigenvalue weighted by Crippen LogP contribution is -2.24. The number of rotatable bonds is 6. The van der Waals surface area contributed by atoms with E-state index in [2.05, 4.69) is 5.22 Å². The summed E-state index contributed by atoms with van der Waals surface area (Å²) < 4.78 is 0. The minimum absolute atomic E-state index is 0.00997. The minimum atomic E-state index is -0.193. The summed E-state index contributed by atoms with van der Waals surface area (Å²) in [5.74, 6) is -0.162. The number of carbonyl (C=O) groups is 1. The van der Waals surface area contributed by atoms with Gasteiger partial charge in [0.15, 0.2) is 5.78 Å². The van der Waals surface area contributed by atoms with Gasteiger partial charge in [-0.15, -0.1) is 0 Å². The molecule has 0 spiro atoms. The van der Waals surface area contributed by atoms with Crippen molar-refractivity contribution in [3.8, 4) is 5.75 Å². The Bertz CT molecular complexity index is 748. The molecule has 7 heteroatoms. The topological polar surface area (TPSA) is 101 Å². The fourth-order valence-electron chi connectivity index (χ4n) is 2.04. The summed E-state index contributed by atoms with van der Waals surface area (Å²) in [6.07, 6.45) is 0.193. The third-order valence-corrected chi connectivity index (χ3v) is 3.40. The van der Waals surface area contributed by atoms with E-state index in [-0.39, 0.29) is 30.2 Å². The first-order valence-electron chi connectivity index (χ1n) is 6.84. The minimum Gasteiger partial charge on any atom is -0.508 e. The number of halogens is 1. The van der Waals surface area contributed by atoms with E-state index in [0.717, 1.165) is 5.01 Å². The van der Waals surface area contributed by atoms with E-state index < -0.39 is 0 Å². The van der Waals surface area contributed by atoms with Gasteiger partial charge in [0, 0.05) is 23.4 Å². The highest BCUT2D eigenvalue weighted by Crippen LogP contribution is 2.21. The van der Waals surface area contributed by atoms with Crippen LogP contribution in [0.3, 0.4) is 0 Å². The van der Waals surface area contributed by atoms with Gasteiger partial charge in [-0.1, -0.05) is 35.0 Å². The molecule has 0 aliphatic heterocycles. The molecule has 118 valence electrons. The van der Waals surface area contributed by atoms with Crippen molar-refractivity contribution in [2.75, 3.05) is 5.01 Å². The molecular weight excluding hydrogens is 316 g/mol. The van der Waals surface area contributed by atoms with Crippen LogP contribution in [0.2, 0.25) is 5.02 Å². The van der Waals surface area contributed by atoms with Crippen molar-refractivity contribution in [1.82, 2.24) is 0 Å². The number of ketones is 1. The second kappa shape index (κ2) is 7.51. The van der Waals surface area contributed by atoms with Crippen molar-refractivity contribution in [3.05, 3.63) is 59.1 Å².